The van der Waals surface area contributed by atoms with Crippen LogP contribution in [0.4, 0.5) is 0 Å². The second kappa shape index (κ2) is 5.26. The van der Waals surface area contributed by atoms with Gasteiger partial charge in [0.1, 0.15) is 16.4 Å². The Bertz CT molecular complexity index is 864. The summed E-state index contributed by atoms with van der Waals surface area (Å²) >= 11 is 6.20. The van der Waals surface area contributed by atoms with Crippen LogP contribution in [0.2, 0.25) is 5.02 Å². The molecule has 0 unspecified atom stereocenters. The zero-order valence-electron chi connectivity index (χ0n) is 11.6. The maximum absolute atomic E-state index is 12.4. The predicted octanol–water partition coefficient (Wildman–Crippen LogP) is 4.43. The molecule has 0 spiro atoms. The van der Waals surface area contributed by atoms with E-state index in [9.17, 15) is 4.79 Å². The van der Waals surface area contributed by atoms with Gasteiger partial charge in [-0.05, 0) is 43.3 Å². The molecule has 4 heteroatoms. The highest BCUT2D eigenvalue weighted by Crippen LogP contribution is 2.30. The minimum absolute atomic E-state index is 0.0956. The predicted molar refractivity (Wildman–Crippen MR) is 84.2 cm³/mol. The lowest BCUT2D eigenvalue weighted by atomic mass is 10.1. The summed E-state index contributed by atoms with van der Waals surface area (Å²) in [6.07, 6.45) is 0. The highest BCUT2D eigenvalue weighted by molar-refractivity contribution is 6.33. The Morgan fingerprint density at radius 3 is 2.48 bits per heavy atom. The lowest BCUT2D eigenvalue weighted by Gasteiger charge is -2.07. The van der Waals surface area contributed by atoms with Crippen LogP contribution in [0.3, 0.4) is 0 Å². The maximum atomic E-state index is 12.4. The molecule has 1 heterocycles. The molecule has 3 rings (SSSR count). The Morgan fingerprint density at radius 1 is 1.10 bits per heavy atom. The standard InChI is InChI=1S/C17H13ClO3/c1-10-3-8-14-13(9-10)16(19)15(18)17(21-14)11-4-6-12(20-2)7-5-11/h3-9H,1-2H3. The average molecular weight is 301 g/mol. The Balaban J connectivity index is 2.25. The molecular formula is C17H13ClO3. The van der Waals surface area contributed by atoms with Gasteiger partial charge in [-0.2, -0.15) is 0 Å². The van der Waals surface area contributed by atoms with Crippen molar-refractivity contribution in [3.05, 3.63) is 63.3 Å². The van der Waals surface area contributed by atoms with Gasteiger partial charge in [-0.25, -0.2) is 0 Å². The molecule has 0 saturated carbocycles. The smallest absolute Gasteiger partial charge is 0.211 e. The summed E-state index contributed by atoms with van der Waals surface area (Å²) < 4.78 is 10.9. The number of ether oxygens (including phenoxy) is 1. The fourth-order valence-corrected chi connectivity index (χ4v) is 2.46. The summed E-state index contributed by atoms with van der Waals surface area (Å²) in [4.78, 5) is 12.4. The summed E-state index contributed by atoms with van der Waals surface area (Å²) in [5.41, 5.74) is 2.04. The fourth-order valence-electron chi connectivity index (χ4n) is 2.21. The van der Waals surface area contributed by atoms with Crippen molar-refractivity contribution in [1.29, 1.82) is 0 Å². The van der Waals surface area contributed by atoms with Gasteiger partial charge in [0.25, 0.3) is 0 Å². The van der Waals surface area contributed by atoms with E-state index in [1.807, 2.05) is 25.1 Å². The molecule has 106 valence electrons. The van der Waals surface area contributed by atoms with Crippen LogP contribution < -0.4 is 10.2 Å². The quantitative estimate of drug-likeness (QED) is 0.703. The second-order valence-corrected chi connectivity index (χ2v) is 5.18. The van der Waals surface area contributed by atoms with E-state index in [2.05, 4.69) is 0 Å². The van der Waals surface area contributed by atoms with Gasteiger partial charge in [0.05, 0.1) is 12.5 Å². The SMILES string of the molecule is COc1ccc(-c2oc3ccc(C)cc3c(=O)c2Cl)cc1. The van der Waals surface area contributed by atoms with Gasteiger partial charge < -0.3 is 9.15 Å². The van der Waals surface area contributed by atoms with Gasteiger partial charge in [0.15, 0.2) is 5.76 Å². The van der Waals surface area contributed by atoms with Crippen molar-refractivity contribution in [2.24, 2.45) is 0 Å². The van der Waals surface area contributed by atoms with Crippen molar-refractivity contribution in [2.45, 2.75) is 6.92 Å². The summed E-state index contributed by atoms with van der Waals surface area (Å²) in [6, 6.07) is 12.7. The molecule has 3 nitrogen and oxygen atoms in total. The number of benzene rings is 2. The first kappa shape index (κ1) is 13.7. The Labute approximate surface area is 126 Å². The van der Waals surface area contributed by atoms with Crippen LogP contribution in [0.5, 0.6) is 5.75 Å². The summed E-state index contributed by atoms with van der Waals surface area (Å²) in [6.45, 7) is 1.92. The summed E-state index contributed by atoms with van der Waals surface area (Å²) in [5.74, 6) is 1.11. The third-order valence-corrected chi connectivity index (χ3v) is 3.69. The van der Waals surface area contributed by atoms with Gasteiger partial charge in [0, 0.05) is 5.56 Å². The minimum Gasteiger partial charge on any atom is -0.497 e. The van der Waals surface area contributed by atoms with Crippen molar-refractivity contribution in [2.75, 3.05) is 7.11 Å². The van der Waals surface area contributed by atoms with Gasteiger partial charge in [-0.15, -0.1) is 0 Å². The Hall–Kier alpha value is -2.26. The zero-order chi connectivity index (χ0) is 15.0. The average Bonchev–Trinajstić information content (AvgIpc) is 2.51. The van der Waals surface area contributed by atoms with Crippen molar-refractivity contribution in [3.8, 4) is 17.1 Å². The number of fused-ring (bicyclic) bond motifs is 1. The lowest BCUT2D eigenvalue weighted by Crippen LogP contribution is -2.04. The first-order chi connectivity index (χ1) is 10.1. The number of methoxy groups -OCH3 is 1. The molecule has 0 aliphatic carbocycles. The first-order valence-electron chi connectivity index (χ1n) is 6.47. The topological polar surface area (TPSA) is 39.4 Å². The van der Waals surface area contributed by atoms with E-state index >= 15 is 0 Å². The first-order valence-corrected chi connectivity index (χ1v) is 6.85. The fraction of sp³-hybridized carbons (Fsp3) is 0.118. The van der Waals surface area contributed by atoms with E-state index in [-0.39, 0.29) is 10.5 Å². The molecular weight excluding hydrogens is 288 g/mol. The molecule has 0 aliphatic heterocycles. The Morgan fingerprint density at radius 2 is 1.81 bits per heavy atom. The summed E-state index contributed by atoms with van der Waals surface area (Å²) in [5, 5.41) is 0.593. The van der Waals surface area contributed by atoms with Gasteiger partial charge in [-0.1, -0.05) is 23.2 Å². The zero-order valence-corrected chi connectivity index (χ0v) is 12.4. The van der Waals surface area contributed by atoms with Gasteiger partial charge in [0.2, 0.25) is 5.43 Å². The molecule has 0 atom stereocenters. The van der Waals surface area contributed by atoms with Gasteiger partial charge >= 0.3 is 0 Å². The molecule has 21 heavy (non-hydrogen) atoms. The van der Waals surface area contributed by atoms with Crippen LogP contribution in [0.1, 0.15) is 5.56 Å². The van der Waals surface area contributed by atoms with E-state index in [0.717, 1.165) is 16.9 Å². The van der Waals surface area contributed by atoms with E-state index in [0.29, 0.717) is 16.7 Å². The van der Waals surface area contributed by atoms with Crippen molar-refractivity contribution < 1.29 is 9.15 Å². The number of aryl methyl sites for hydroxylation is 1. The molecule has 3 aromatic rings. The van der Waals surface area contributed by atoms with Crippen LogP contribution in [0.25, 0.3) is 22.3 Å². The normalized spacial score (nSPS) is 10.8. The van der Waals surface area contributed by atoms with E-state index in [1.165, 1.54) is 0 Å². The highest BCUT2D eigenvalue weighted by Gasteiger charge is 2.14. The molecule has 2 aromatic carbocycles. The van der Waals surface area contributed by atoms with Crippen LogP contribution in [0, 0.1) is 6.92 Å². The van der Waals surface area contributed by atoms with E-state index in [1.54, 1.807) is 31.4 Å². The molecule has 1 aromatic heterocycles. The summed E-state index contributed by atoms with van der Waals surface area (Å²) in [7, 11) is 1.60. The van der Waals surface area contributed by atoms with Crippen LogP contribution in [-0.2, 0) is 0 Å². The monoisotopic (exact) mass is 300 g/mol. The van der Waals surface area contributed by atoms with Crippen molar-refractivity contribution >= 4 is 22.6 Å². The molecule has 0 saturated heterocycles. The highest BCUT2D eigenvalue weighted by atomic mass is 35.5. The molecule has 0 amide bonds. The number of rotatable bonds is 2. The molecule has 0 aliphatic rings. The number of halogens is 1. The van der Waals surface area contributed by atoms with Crippen LogP contribution >= 0.6 is 11.6 Å². The minimum atomic E-state index is -0.215. The van der Waals surface area contributed by atoms with Crippen LogP contribution in [0.15, 0.2) is 51.7 Å². The number of hydrogen-bond donors (Lipinski definition) is 0. The molecule has 0 N–H and O–H groups in total. The largest absolute Gasteiger partial charge is 0.497 e. The van der Waals surface area contributed by atoms with Crippen molar-refractivity contribution in [1.82, 2.24) is 0 Å². The lowest BCUT2D eigenvalue weighted by molar-refractivity contribution is 0.415. The molecule has 0 bridgehead atoms. The maximum Gasteiger partial charge on any atom is 0.211 e. The number of hydrogen-bond acceptors (Lipinski definition) is 3. The van der Waals surface area contributed by atoms with Gasteiger partial charge in [-0.3, -0.25) is 4.79 Å². The van der Waals surface area contributed by atoms with Crippen molar-refractivity contribution in [3.63, 3.8) is 0 Å². The van der Waals surface area contributed by atoms with E-state index < -0.39 is 0 Å². The third-order valence-electron chi connectivity index (χ3n) is 3.34. The molecule has 0 radical (unpaired) electrons. The van der Waals surface area contributed by atoms with Crippen LogP contribution in [-0.4, -0.2) is 7.11 Å². The Kier molecular flexibility index (Phi) is 3.43. The molecule has 0 fully saturated rings. The second-order valence-electron chi connectivity index (χ2n) is 4.80. The third kappa shape index (κ3) is 2.41. The van der Waals surface area contributed by atoms with E-state index in [4.69, 9.17) is 20.8 Å².